The van der Waals surface area contributed by atoms with E-state index in [4.69, 9.17) is 16.1 Å². The number of aromatic nitrogens is 1. The topological polar surface area (TPSA) is 75.4 Å². The van der Waals surface area contributed by atoms with E-state index in [1.807, 2.05) is 13.8 Å². The van der Waals surface area contributed by atoms with Gasteiger partial charge in [-0.2, -0.15) is 0 Å². The largest absolute Gasteiger partial charge is 0.506 e. The predicted octanol–water partition coefficient (Wildman–Crippen LogP) is 3.48. The minimum absolute atomic E-state index is 0.0614. The highest BCUT2D eigenvalue weighted by Gasteiger charge is 2.15. The second-order valence-corrected chi connectivity index (χ2v) is 5.33. The first kappa shape index (κ1) is 14.4. The molecule has 1 heterocycles. The Morgan fingerprint density at radius 1 is 1.45 bits per heavy atom. The fourth-order valence-corrected chi connectivity index (χ4v) is 1.89. The minimum Gasteiger partial charge on any atom is -0.506 e. The van der Waals surface area contributed by atoms with Gasteiger partial charge in [0, 0.05) is 17.5 Å². The molecule has 0 radical (unpaired) electrons. The Labute approximate surface area is 121 Å². The van der Waals surface area contributed by atoms with Crippen LogP contribution in [0.5, 0.6) is 5.75 Å². The average molecular weight is 295 g/mol. The molecule has 6 heteroatoms. The molecule has 2 rings (SSSR count). The van der Waals surface area contributed by atoms with Crippen LogP contribution in [0, 0.1) is 5.92 Å². The minimum atomic E-state index is -0.457. The van der Waals surface area contributed by atoms with Gasteiger partial charge < -0.3 is 14.9 Å². The quantitative estimate of drug-likeness (QED) is 0.847. The van der Waals surface area contributed by atoms with Crippen molar-refractivity contribution in [2.24, 2.45) is 5.92 Å². The standard InChI is InChI=1S/C14H15ClN2O3/c1-8(2)5-10-7-12(17-20-10)14(19)16-11-6-9(15)3-4-13(11)18/h3-4,6-8,18H,5H2,1-2H3,(H,16,19). The molecule has 5 nitrogen and oxygen atoms in total. The average Bonchev–Trinajstić information content (AvgIpc) is 2.81. The molecule has 2 N–H and O–H groups in total. The predicted molar refractivity (Wildman–Crippen MR) is 76.1 cm³/mol. The van der Waals surface area contributed by atoms with Crippen LogP contribution in [-0.4, -0.2) is 16.2 Å². The van der Waals surface area contributed by atoms with Crippen molar-refractivity contribution in [1.82, 2.24) is 5.16 Å². The smallest absolute Gasteiger partial charge is 0.277 e. The molecule has 0 aliphatic carbocycles. The van der Waals surface area contributed by atoms with Gasteiger partial charge in [0.1, 0.15) is 11.5 Å². The molecule has 0 aliphatic heterocycles. The monoisotopic (exact) mass is 294 g/mol. The van der Waals surface area contributed by atoms with E-state index in [9.17, 15) is 9.90 Å². The van der Waals surface area contributed by atoms with Crippen LogP contribution in [0.3, 0.4) is 0 Å². The number of phenolic OH excluding ortho intramolecular Hbond substituents is 1. The molecule has 20 heavy (non-hydrogen) atoms. The Bertz CT molecular complexity index is 623. The van der Waals surface area contributed by atoms with Gasteiger partial charge in [0.05, 0.1) is 5.69 Å². The molecule has 2 aromatic rings. The van der Waals surface area contributed by atoms with Gasteiger partial charge in [-0.05, 0) is 24.1 Å². The second kappa shape index (κ2) is 5.96. The highest BCUT2D eigenvalue weighted by molar-refractivity contribution is 6.31. The Kier molecular flexibility index (Phi) is 4.29. The van der Waals surface area contributed by atoms with Crippen LogP contribution in [0.4, 0.5) is 5.69 Å². The molecule has 1 aromatic heterocycles. The second-order valence-electron chi connectivity index (χ2n) is 4.89. The zero-order chi connectivity index (χ0) is 14.7. The lowest BCUT2D eigenvalue weighted by Gasteiger charge is -2.05. The molecule has 0 atom stereocenters. The summed E-state index contributed by atoms with van der Waals surface area (Å²) in [5.74, 6) is 0.547. The van der Waals surface area contributed by atoms with Crippen LogP contribution >= 0.6 is 11.6 Å². The third kappa shape index (κ3) is 3.51. The van der Waals surface area contributed by atoms with Crippen LogP contribution in [0.15, 0.2) is 28.8 Å². The molecule has 0 aliphatic rings. The van der Waals surface area contributed by atoms with E-state index >= 15 is 0 Å². The summed E-state index contributed by atoms with van der Waals surface area (Å²) in [5.41, 5.74) is 0.399. The molecule has 0 bridgehead atoms. The van der Waals surface area contributed by atoms with E-state index in [0.717, 1.165) is 0 Å². The Hall–Kier alpha value is -2.01. The number of carbonyl (C=O) groups excluding carboxylic acids is 1. The van der Waals surface area contributed by atoms with Crippen LogP contribution < -0.4 is 5.32 Å². The van der Waals surface area contributed by atoms with Gasteiger partial charge in [-0.25, -0.2) is 0 Å². The van der Waals surface area contributed by atoms with Crippen LogP contribution in [0.25, 0.3) is 0 Å². The maximum Gasteiger partial charge on any atom is 0.277 e. The summed E-state index contributed by atoms with van der Waals surface area (Å²) in [7, 11) is 0. The number of nitrogens with one attached hydrogen (secondary N) is 1. The first-order valence-electron chi connectivity index (χ1n) is 6.21. The van der Waals surface area contributed by atoms with E-state index in [-0.39, 0.29) is 17.1 Å². The number of anilines is 1. The fraction of sp³-hybridized carbons (Fsp3) is 0.286. The van der Waals surface area contributed by atoms with E-state index in [2.05, 4.69) is 10.5 Å². The molecular weight excluding hydrogens is 280 g/mol. The van der Waals surface area contributed by atoms with E-state index in [0.29, 0.717) is 23.1 Å². The Morgan fingerprint density at radius 3 is 2.90 bits per heavy atom. The van der Waals surface area contributed by atoms with Crippen LogP contribution in [0.1, 0.15) is 30.1 Å². The summed E-state index contributed by atoms with van der Waals surface area (Å²) in [6.45, 7) is 4.10. The number of phenols is 1. The summed E-state index contributed by atoms with van der Waals surface area (Å²) >= 11 is 5.81. The van der Waals surface area contributed by atoms with E-state index in [1.54, 1.807) is 6.07 Å². The zero-order valence-corrected chi connectivity index (χ0v) is 11.9. The first-order chi connectivity index (χ1) is 9.45. The number of carbonyl (C=O) groups is 1. The molecule has 0 saturated heterocycles. The van der Waals surface area contributed by atoms with Crippen molar-refractivity contribution in [3.63, 3.8) is 0 Å². The highest BCUT2D eigenvalue weighted by Crippen LogP contribution is 2.27. The van der Waals surface area contributed by atoms with Gasteiger partial charge in [-0.15, -0.1) is 0 Å². The summed E-state index contributed by atoms with van der Waals surface area (Å²) in [4.78, 5) is 12.0. The van der Waals surface area contributed by atoms with Gasteiger partial charge >= 0.3 is 0 Å². The SMILES string of the molecule is CC(C)Cc1cc(C(=O)Nc2cc(Cl)ccc2O)no1. The van der Waals surface area contributed by atoms with Crippen molar-refractivity contribution in [1.29, 1.82) is 0 Å². The van der Waals surface area contributed by atoms with Gasteiger partial charge in [-0.1, -0.05) is 30.6 Å². The number of hydrogen-bond donors (Lipinski definition) is 2. The van der Waals surface area contributed by atoms with Crippen molar-refractivity contribution in [3.8, 4) is 5.75 Å². The third-order valence-corrected chi connectivity index (χ3v) is 2.84. The molecule has 0 unspecified atom stereocenters. The molecule has 0 fully saturated rings. The lowest BCUT2D eigenvalue weighted by Crippen LogP contribution is -2.12. The molecule has 0 spiro atoms. The fourth-order valence-electron chi connectivity index (χ4n) is 1.71. The number of nitrogens with zero attached hydrogens (tertiary/aromatic N) is 1. The maximum atomic E-state index is 12.0. The van der Waals surface area contributed by atoms with Gasteiger partial charge in [0.25, 0.3) is 5.91 Å². The number of halogens is 1. The molecule has 1 amide bonds. The zero-order valence-electron chi connectivity index (χ0n) is 11.2. The summed E-state index contributed by atoms with van der Waals surface area (Å²) in [5, 5.41) is 16.3. The molecule has 106 valence electrons. The van der Waals surface area contributed by atoms with Crippen molar-refractivity contribution < 1.29 is 14.4 Å². The van der Waals surface area contributed by atoms with Crippen molar-refractivity contribution in [2.45, 2.75) is 20.3 Å². The normalized spacial score (nSPS) is 10.8. The molecule has 1 aromatic carbocycles. The first-order valence-corrected chi connectivity index (χ1v) is 6.59. The molecular formula is C14H15ClN2O3. The van der Waals surface area contributed by atoms with Crippen molar-refractivity contribution >= 4 is 23.2 Å². The van der Waals surface area contributed by atoms with Crippen molar-refractivity contribution in [3.05, 3.63) is 40.7 Å². The lowest BCUT2D eigenvalue weighted by atomic mass is 10.1. The van der Waals surface area contributed by atoms with E-state index in [1.165, 1.54) is 18.2 Å². The van der Waals surface area contributed by atoms with Crippen LogP contribution in [0.2, 0.25) is 5.02 Å². The maximum absolute atomic E-state index is 12.0. The summed E-state index contributed by atoms with van der Waals surface area (Å²) in [6.07, 6.45) is 0.711. The Balaban J connectivity index is 2.11. The number of aromatic hydroxyl groups is 1. The van der Waals surface area contributed by atoms with Gasteiger partial charge in [0.15, 0.2) is 5.69 Å². The third-order valence-electron chi connectivity index (χ3n) is 2.61. The van der Waals surface area contributed by atoms with E-state index < -0.39 is 5.91 Å². The van der Waals surface area contributed by atoms with Crippen LogP contribution in [-0.2, 0) is 6.42 Å². The number of rotatable bonds is 4. The summed E-state index contributed by atoms with van der Waals surface area (Å²) < 4.78 is 5.09. The van der Waals surface area contributed by atoms with Gasteiger partial charge in [-0.3, -0.25) is 4.79 Å². The number of hydrogen-bond acceptors (Lipinski definition) is 4. The summed E-state index contributed by atoms with van der Waals surface area (Å²) in [6, 6.07) is 6.00. The lowest BCUT2D eigenvalue weighted by molar-refractivity contribution is 0.101. The number of amides is 1. The highest BCUT2D eigenvalue weighted by atomic mass is 35.5. The number of benzene rings is 1. The van der Waals surface area contributed by atoms with Crippen molar-refractivity contribution in [2.75, 3.05) is 5.32 Å². The Morgan fingerprint density at radius 2 is 2.20 bits per heavy atom. The molecule has 0 saturated carbocycles. The van der Waals surface area contributed by atoms with Gasteiger partial charge in [0.2, 0.25) is 0 Å².